The summed E-state index contributed by atoms with van der Waals surface area (Å²) in [6.45, 7) is 2.95. The SMILES string of the molecule is CC1=[N+](CCCS(=O)(=O)O)CCC(C(=O)[O-])C1. The first-order valence-corrected chi connectivity index (χ1v) is 7.14. The van der Waals surface area contributed by atoms with Crippen LogP contribution in [0, 0.1) is 5.92 Å². The average Bonchev–Trinajstić information content (AvgIpc) is 2.18. The van der Waals surface area contributed by atoms with Gasteiger partial charge in [0, 0.05) is 38.1 Å². The van der Waals surface area contributed by atoms with Crippen molar-refractivity contribution in [2.75, 3.05) is 18.8 Å². The minimum absolute atomic E-state index is 0.263. The molecule has 0 aromatic heterocycles. The second-order valence-electron chi connectivity index (χ2n) is 4.37. The van der Waals surface area contributed by atoms with E-state index in [0.717, 1.165) is 5.71 Å². The van der Waals surface area contributed by atoms with Crippen LogP contribution in [0.5, 0.6) is 0 Å². The fraction of sp³-hybridized carbons (Fsp3) is 0.800. The highest BCUT2D eigenvalue weighted by molar-refractivity contribution is 7.85. The normalized spacial score (nSPS) is 21.6. The van der Waals surface area contributed by atoms with Crippen LogP contribution >= 0.6 is 0 Å². The third-order valence-corrected chi connectivity index (χ3v) is 3.80. The van der Waals surface area contributed by atoms with Gasteiger partial charge in [0.1, 0.15) is 18.8 Å². The number of carbonyl (C=O) groups excluding carboxylic acids is 1. The molecule has 0 amide bonds. The first-order valence-electron chi connectivity index (χ1n) is 5.53. The van der Waals surface area contributed by atoms with Crippen molar-refractivity contribution >= 4 is 21.8 Å². The van der Waals surface area contributed by atoms with E-state index in [0.29, 0.717) is 32.4 Å². The molecule has 1 heterocycles. The van der Waals surface area contributed by atoms with Gasteiger partial charge in [0.25, 0.3) is 10.1 Å². The van der Waals surface area contributed by atoms with Gasteiger partial charge in [-0.2, -0.15) is 8.42 Å². The molecule has 0 saturated heterocycles. The van der Waals surface area contributed by atoms with Crippen molar-refractivity contribution < 1.29 is 27.4 Å². The zero-order valence-corrected chi connectivity index (χ0v) is 10.6. The second-order valence-corrected chi connectivity index (χ2v) is 5.94. The van der Waals surface area contributed by atoms with Crippen molar-refractivity contribution in [3.8, 4) is 0 Å². The summed E-state index contributed by atoms with van der Waals surface area (Å²) in [4.78, 5) is 10.7. The second kappa shape index (κ2) is 5.59. The smallest absolute Gasteiger partial charge is 0.265 e. The average molecular weight is 263 g/mol. The number of aliphatic carboxylic acids is 1. The van der Waals surface area contributed by atoms with Crippen LogP contribution in [0.1, 0.15) is 26.2 Å². The first-order chi connectivity index (χ1) is 7.79. The van der Waals surface area contributed by atoms with Crippen molar-refractivity contribution in [2.24, 2.45) is 5.92 Å². The highest BCUT2D eigenvalue weighted by Gasteiger charge is 2.24. The minimum atomic E-state index is -3.91. The maximum atomic E-state index is 10.7. The van der Waals surface area contributed by atoms with E-state index < -0.39 is 22.0 Å². The van der Waals surface area contributed by atoms with Crippen LogP contribution in [0.15, 0.2) is 0 Å². The Morgan fingerprint density at radius 3 is 2.71 bits per heavy atom. The summed E-state index contributed by atoms with van der Waals surface area (Å²) in [6, 6.07) is 0. The molecule has 0 aliphatic carbocycles. The molecule has 0 radical (unpaired) electrons. The number of hydrogen-bond donors (Lipinski definition) is 1. The Kier molecular flexibility index (Phi) is 4.64. The fourth-order valence-corrected chi connectivity index (χ4v) is 2.53. The fourth-order valence-electron chi connectivity index (χ4n) is 2.03. The van der Waals surface area contributed by atoms with Crippen LogP contribution in [0.25, 0.3) is 0 Å². The molecule has 0 aromatic rings. The molecule has 0 bridgehead atoms. The van der Waals surface area contributed by atoms with E-state index in [4.69, 9.17) is 4.55 Å². The Labute approximate surface area is 101 Å². The van der Waals surface area contributed by atoms with Gasteiger partial charge in [-0.1, -0.05) is 0 Å². The van der Waals surface area contributed by atoms with E-state index >= 15 is 0 Å². The zero-order valence-electron chi connectivity index (χ0n) is 9.76. The van der Waals surface area contributed by atoms with Crippen LogP contribution in [0.2, 0.25) is 0 Å². The molecule has 1 rings (SSSR count). The molecular weight excluding hydrogens is 246 g/mol. The predicted octanol–water partition coefficient (Wildman–Crippen LogP) is -1.10. The molecule has 98 valence electrons. The van der Waals surface area contributed by atoms with E-state index in [1.54, 1.807) is 0 Å². The van der Waals surface area contributed by atoms with Crippen LogP contribution < -0.4 is 5.11 Å². The van der Waals surface area contributed by atoms with Gasteiger partial charge in [0.2, 0.25) is 0 Å². The summed E-state index contributed by atoms with van der Waals surface area (Å²) in [7, 11) is -3.91. The highest BCUT2D eigenvalue weighted by Crippen LogP contribution is 2.14. The van der Waals surface area contributed by atoms with Crippen molar-refractivity contribution in [1.82, 2.24) is 0 Å². The summed E-state index contributed by atoms with van der Waals surface area (Å²) >= 11 is 0. The maximum Gasteiger partial charge on any atom is 0.265 e. The van der Waals surface area contributed by atoms with Crippen molar-refractivity contribution in [2.45, 2.75) is 26.2 Å². The number of carboxylic acids is 1. The van der Waals surface area contributed by atoms with E-state index in [2.05, 4.69) is 0 Å². The molecule has 6 nitrogen and oxygen atoms in total. The minimum Gasteiger partial charge on any atom is -0.550 e. The molecule has 1 atom stereocenters. The number of carboxylic acid groups (broad SMARTS) is 1. The van der Waals surface area contributed by atoms with Gasteiger partial charge in [0.05, 0.1) is 5.75 Å². The Morgan fingerprint density at radius 1 is 1.59 bits per heavy atom. The van der Waals surface area contributed by atoms with Crippen LogP contribution in [-0.4, -0.2) is 48.1 Å². The van der Waals surface area contributed by atoms with Crippen LogP contribution in [0.4, 0.5) is 0 Å². The summed E-state index contributed by atoms with van der Waals surface area (Å²) in [5, 5.41) is 10.7. The van der Waals surface area contributed by atoms with E-state index in [1.165, 1.54) is 0 Å². The summed E-state index contributed by atoms with van der Waals surface area (Å²) in [5.41, 5.74) is 0.931. The van der Waals surface area contributed by atoms with Crippen molar-refractivity contribution in [1.29, 1.82) is 0 Å². The molecule has 1 aliphatic rings. The van der Waals surface area contributed by atoms with Crippen molar-refractivity contribution in [3.63, 3.8) is 0 Å². The standard InChI is InChI=1S/C10H17NO5S/c1-8-7-9(10(12)13)3-5-11(8)4-2-6-17(14,15)16/h9H,2-7H2,1H3,(H-,12,13,14,15,16). The molecule has 0 aromatic carbocycles. The van der Waals surface area contributed by atoms with Gasteiger partial charge in [-0.25, -0.2) is 4.58 Å². The Morgan fingerprint density at radius 2 is 2.24 bits per heavy atom. The maximum absolute atomic E-state index is 10.7. The Hall–Kier alpha value is -0.950. The molecule has 17 heavy (non-hydrogen) atoms. The lowest BCUT2D eigenvalue weighted by atomic mass is 9.95. The van der Waals surface area contributed by atoms with Gasteiger partial charge in [-0.05, 0) is 0 Å². The first kappa shape index (κ1) is 14.1. The lowest BCUT2D eigenvalue weighted by Gasteiger charge is -2.22. The van der Waals surface area contributed by atoms with Gasteiger partial charge in [0.15, 0.2) is 0 Å². The lowest BCUT2D eigenvalue weighted by Crippen LogP contribution is -2.39. The van der Waals surface area contributed by atoms with Crippen LogP contribution in [0.3, 0.4) is 0 Å². The third-order valence-electron chi connectivity index (χ3n) is 2.99. The highest BCUT2D eigenvalue weighted by atomic mass is 32.2. The topological polar surface area (TPSA) is 97.5 Å². The molecule has 0 fully saturated rings. The molecule has 7 heteroatoms. The molecule has 0 spiro atoms. The van der Waals surface area contributed by atoms with Gasteiger partial charge in [-0.3, -0.25) is 4.55 Å². The van der Waals surface area contributed by atoms with Crippen molar-refractivity contribution in [3.05, 3.63) is 0 Å². The summed E-state index contributed by atoms with van der Waals surface area (Å²) < 4.78 is 31.6. The number of hydrogen-bond acceptors (Lipinski definition) is 4. The molecule has 1 unspecified atom stereocenters. The Bertz CT molecular complexity index is 426. The van der Waals surface area contributed by atoms with Crippen LogP contribution in [-0.2, 0) is 14.9 Å². The monoisotopic (exact) mass is 263 g/mol. The third kappa shape index (κ3) is 4.82. The van der Waals surface area contributed by atoms with Gasteiger partial charge < -0.3 is 9.90 Å². The Balaban J connectivity index is 2.50. The van der Waals surface area contributed by atoms with E-state index in [1.807, 2.05) is 11.5 Å². The predicted molar refractivity (Wildman–Crippen MR) is 59.4 cm³/mol. The largest absolute Gasteiger partial charge is 0.550 e. The molecule has 0 saturated carbocycles. The molecule has 1 aliphatic heterocycles. The van der Waals surface area contributed by atoms with Gasteiger partial charge >= 0.3 is 0 Å². The number of carbonyl (C=O) groups is 1. The number of rotatable bonds is 5. The number of nitrogens with zero attached hydrogens (tertiary/aromatic N) is 1. The van der Waals surface area contributed by atoms with E-state index in [-0.39, 0.29) is 5.75 Å². The molecular formula is C10H17NO5S. The lowest BCUT2D eigenvalue weighted by molar-refractivity contribution is -0.535. The summed E-state index contributed by atoms with van der Waals surface area (Å²) in [5.74, 6) is -1.73. The molecule has 1 N–H and O–H groups in total. The zero-order chi connectivity index (χ0) is 13.1. The van der Waals surface area contributed by atoms with Gasteiger partial charge in [-0.15, -0.1) is 0 Å². The summed E-state index contributed by atoms with van der Waals surface area (Å²) in [6.07, 6.45) is 1.31. The van der Waals surface area contributed by atoms with E-state index in [9.17, 15) is 18.3 Å². The quantitative estimate of drug-likeness (QED) is 0.501.